The van der Waals surface area contributed by atoms with Crippen LogP contribution in [-0.4, -0.2) is 0 Å². The lowest BCUT2D eigenvalue weighted by Gasteiger charge is -2.39. The van der Waals surface area contributed by atoms with Crippen molar-refractivity contribution in [2.24, 2.45) is 0 Å². The molecule has 1 heterocycles. The van der Waals surface area contributed by atoms with Crippen LogP contribution in [0.3, 0.4) is 0 Å². The predicted octanol–water partition coefficient (Wildman–Crippen LogP) is 9.93. The number of ether oxygens (including phenoxy) is 1. The highest BCUT2D eigenvalue weighted by atomic mass is 16.5. The van der Waals surface area contributed by atoms with E-state index in [9.17, 15) is 0 Å². The standard InChI is InChI=1S/C40H30O/c1-27-15-20-31(21-16-27)40(32-22-17-29(18-23-32)28-9-3-2-4-10-28)26-25-36-34-13-7-8-14-35(34)38-33-12-6-5-11-30(33)19-24-37(38)39(36)41-40/h2-18,20-23,25-26H,19,24H2,1H3. The Bertz CT molecular complexity index is 1950. The fourth-order valence-corrected chi connectivity index (χ4v) is 6.78. The number of hydrogen-bond donors (Lipinski definition) is 0. The first-order valence-corrected chi connectivity index (χ1v) is 14.5. The van der Waals surface area contributed by atoms with Crippen molar-refractivity contribution in [2.45, 2.75) is 25.4 Å². The first-order valence-electron chi connectivity index (χ1n) is 14.5. The van der Waals surface area contributed by atoms with E-state index in [0.29, 0.717) is 0 Å². The van der Waals surface area contributed by atoms with Crippen molar-refractivity contribution in [1.82, 2.24) is 0 Å². The van der Waals surface area contributed by atoms with Gasteiger partial charge in [-0.2, -0.15) is 0 Å². The van der Waals surface area contributed by atoms with Gasteiger partial charge in [-0.05, 0) is 70.5 Å². The van der Waals surface area contributed by atoms with E-state index in [4.69, 9.17) is 4.74 Å². The van der Waals surface area contributed by atoms with Crippen LogP contribution in [0.15, 0.2) is 133 Å². The highest BCUT2D eigenvalue weighted by Crippen LogP contribution is 2.51. The molecule has 0 radical (unpaired) electrons. The molecule has 8 rings (SSSR count). The van der Waals surface area contributed by atoms with Gasteiger partial charge in [-0.25, -0.2) is 0 Å². The van der Waals surface area contributed by atoms with Gasteiger partial charge in [-0.3, -0.25) is 0 Å². The van der Waals surface area contributed by atoms with Crippen LogP contribution in [0.4, 0.5) is 0 Å². The monoisotopic (exact) mass is 526 g/mol. The summed E-state index contributed by atoms with van der Waals surface area (Å²) in [5.41, 5.74) is 11.8. The Balaban J connectivity index is 1.36. The summed E-state index contributed by atoms with van der Waals surface area (Å²) in [6.45, 7) is 2.14. The fraction of sp³-hybridized carbons (Fsp3) is 0.100. The molecule has 1 unspecified atom stereocenters. The van der Waals surface area contributed by atoms with Crippen LogP contribution in [0, 0.1) is 6.92 Å². The molecule has 6 aromatic rings. The van der Waals surface area contributed by atoms with Gasteiger partial charge in [0.2, 0.25) is 0 Å². The molecule has 0 aromatic heterocycles. The maximum atomic E-state index is 7.41. The average molecular weight is 527 g/mol. The zero-order valence-electron chi connectivity index (χ0n) is 23.1. The van der Waals surface area contributed by atoms with E-state index in [0.717, 1.165) is 29.7 Å². The van der Waals surface area contributed by atoms with Gasteiger partial charge in [0.05, 0.1) is 0 Å². The van der Waals surface area contributed by atoms with Crippen LogP contribution in [-0.2, 0) is 18.4 Å². The van der Waals surface area contributed by atoms with E-state index >= 15 is 0 Å². The van der Waals surface area contributed by atoms with E-state index in [1.54, 1.807) is 0 Å². The van der Waals surface area contributed by atoms with Crippen LogP contribution >= 0.6 is 0 Å². The second-order valence-electron chi connectivity index (χ2n) is 11.3. The molecule has 1 aliphatic heterocycles. The molecule has 1 nitrogen and oxygen atoms in total. The SMILES string of the molecule is Cc1ccc(C2(c3ccc(-c4ccccc4)cc3)C=Cc3c(c4c(c5ccccc35)-c3ccccc3CC4)O2)cc1. The third kappa shape index (κ3) is 3.77. The summed E-state index contributed by atoms with van der Waals surface area (Å²) in [6.07, 6.45) is 6.56. The van der Waals surface area contributed by atoms with Crippen molar-refractivity contribution in [1.29, 1.82) is 0 Å². The third-order valence-corrected chi connectivity index (χ3v) is 8.89. The lowest BCUT2D eigenvalue weighted by Crippen LogP contribution is -2.35. The zero-order chi connectivity index (χ0) is 27.4. The van der Waals surface area contributed by atoms with E-state index in [1.165, 1.54) is 55.3 Å². The van der Waals surface area contributed by atoms with Gasteiger partial charge in [0.15, 0.2) is 5.60 Å². The Morgan fingerprint density at radius 2 is 1.22 bits per heavy atom. The molecule has 196 valence electrons. The summed E-state index contributed by atoms with van der Waals surface area (Å²) < 4.78 is 7.41. The summed E-state index contributed by atoms with van der Waals surface area (Å²) in [5.74, 6) is 1.02. The topological polar surface area (TPSA) is 9.23 Å². The number of rotatable bonds is 3. The fourth-order valence-electron chi connectivity index (χ4n) is 6.78. The first kappa shape index (κ1) is 24.0. The summed E-state index contributed by atoms with van der Waals surface area (Å²) >= 11 is 0. The Hall–Kier alpha value is -4.88. The molecule has 0 saturated carbocycles. The zero-order valence-corrected chi connectivity index (χ0v) is 23.1. The lowest BCUT2D eigenvalue weighted by atomic mass is 9.78. The van der Waals surface area contributed by atoms with Gasteiger partial charge >= 0.3 is 0 Å². The van der Waals surface area contributed by atoms with Crippen molar-refractivity contribution < 1.29 is 4.74 Å². The summed E-state index contributed by atoms with van der Waals surface area (Å²) in [7, 11) is 0. The molecule has 41 heavy (non-hydrogen) atoms. The normalized spacial score (nSPS) is 16.9. The van der Waals surface area contributed by atoms with Crippen LogP contribution in [0.25, 0.3) is 39.1 Å². The highest BCUT2D eigenvalue weighted by Gasteiger charge is 2.39. The van der Waals surface area contributed by atoms with E-state index in [-0.39, 0.29) is 0 Å². The first-order chi connectivity index (χ1) is 20.2. The Morgan fingerprint density at radius 1 is 0.585 bits per heavy atom. The molecule has 0 N–H and O–H groups in total. The molecule has 0 bridgehead atoms. The summed E-state index contributed by atoms with van der Waals surface area (Å²) in [4.78, 5) is 0. The summed E-state index contributed by atoms with van der Waals surface area (Å²) in [6, 6.07) is 46.0. The van der Waals surface area contributed by atoms with E-state index in [2.05, 4.69) is 146 Å². The van der Waals surface area contributed by atoms with Crippen LogP contribution in [0.5, 0.6) is 5.75 Å². The Morgan fingerprint density at radius 3 is 2.00 bits per heavy atom. The predicted molar refractivity (Wildman–Crippen MR) is 170 cm³/mol. The van der Waals surface area contributed by atoms with Crippen molar-refractivity contribution in [3.63, 3.8) is 0 Å². The van der Waals surface area contributed by atoms with Gasteiger partial charge in [-0.15, -0.1) is 0 Å². The van der Waals surface area contributed by atoms with Gasteiger partial charge in [-0.1, -0.05) is 133 Å². The number of benzene rings is 6. The molecule has 0 saturated heterocycles. The molecule has 1 atom stereocenters. The van der Waals surface area contributed by atoms with E-state index < -0.39 is 5.60 Å². The third-order valence-electron chi connectivity index (χ3n) is 8.89. The molecule has 0 amide bonds. The molecular weight excluding hydrogens is 496 g/mol. The minimum absolute atomic E-state index is 0.733. The van der Waals surface area contributed by atoms with Gasteiger partial charge < -0.3 is 4.74 Å². The van der Waals surface area contributed by atoms with Gasteiger partial charge in [0, 0.05) is 22.3 Å². The number of fused-ring (bicyclic) bond motifs is 8. The Kier molecular flexibility index (Phi) is 5.47. The number of aryl methyl sites for hydroxylation is 2. The lowest BCUT2D eigenvalue weighted by molar-refractivity contribution is 0.159. The molecule has 1 heteroatoms. The van der Waals surface area contributed by atoms with Gasteiger partial charge in [0.25, 0.3) is 0 Å². The Labute approximate surface area is 241 Å². The molecule has 2 aliphatic rings. The second-order valence-corrected chi connectivity index (χ2v) is 11.3. The summed E-state index contributed by atoms with van der Waals surface area (Å²) in [5, 5.41) is 2.54. The van der Waals surface area contributed by atoms with Crippen molar-refractivity contribution in [2.75, 3.05) is 0 Å². The van der Waals surface area contributed by atoms with Crippen molar-refractivity contribution in [3.8, 4) is 28.0 Å². The quantitative estimate of drug-likeness (QED) is 0.223. The molecule has 1 aliphatic carbocycles. The molecular formula is C40H30O. The molecule has 0 spiro atoms. The molecule has 0 fully saturated rings. The second kappa shape index (κ2) is 9.35. The largest absolute Gasteiger partial charge is 0.473 e. The number of hydrogen-bond acceptors (Lipinski definition) is 1. The average Bonchev–Trinajstić information content (AvgIpc) is 3.05. The van der Waals surface area contributed by atoms with Crippen molar-refractivity contribution >= 4 is 16.8 Å². The van der Waals surface area contributed by atoms with Crippen molar-refractivity contribution in [3.05, 3.63) is 167 Å². The van der Waals surface area contributed by atoms with Crippen LogP contribution in [0.2, 0.25) is 0 Å². The minimum atomic E-state index is -0.733. The maximum Gasteiger partial charge on any atom is 0.178 e. The highest BCUT2D eigenvalue weighted by molar-refractivity contribution is 6.06. The minimum Gasteiger partial charge on any atom is -0.473 e. The van der Waals surface area contributed by atoms with Gasteiger partial charge in [0.1, 0.15) is 5.75 Å². The van der Waals surface area contributed by atoms with Crippen LogP contribution in [0.1, 0.15) is 33.4 Å². The smallest absolute Gasteiger partial charge is 0.178 e. The van der Waals surface area contributed by atoms with Crippen LogP contribution < -0.4 is 4.74 Å². The molecule has 6 aromatic carbocycles. The maximum absolute atomic E-state index is 7.41. The van der Waals surface area contributed by atoms with E-state index in [1.807, 2.05) is 0 Å².